The van der Waals surface area contributed by atoms with Crippen LogP contribution in [0, 0.1) is 0 Å². The number of imidazole rings is 1. The topological polar surface area (TPSA) is 83.9 Å². The number of alkyl halides is 3. The van der Waals surface area contributed by atoms with E-state index < -0.39 is 17.6 Å². The Morgan fingerprint density at radius 3 is 2.50 bits per heavy atom. The maximum atomic E-state index is 12.9. The Bertz CT molecular complexity index is 1400. The van der Waals surface area contributed by atoms with Crippen LogP contribution in [-0.2, 0) is 27.1 Å². The number of hydrogen-bond donors (Lipinski definition) is 0. The quantitative estimate of drug-likeness (QED) is 0.471. The summed E-state index contributed by atoms with van der Waals surface area (Å²) in [6.07, 6.45) is -3.09. The molecule has 4 aromatic rings. The van der Waals surface area contributed by atoms with Crippen molar-refractivity contribution in [1.29, 1.82) is 0 Å². The number of nitrogens with zero attached hydrogens (tertiary/aromatic N) is 5. The normalized spacial score (nSPS) is 11.8. The molecular weight excluding hydrogens is 427 g/mol. The first-order chi connectivity index (χ1) is 15.1. The maximum Gasteiger partial charge on any atom is 0.573 e. The van der Waals surface area contributed by atoms with Crippen LogP contribution in [0.3, 0.4) is 0 Å². The van der Waals surface area contributed by atoms with Crippen molar-refractivity contribution in [3.05, 3.63) is 86.6 Å². The number of pyridine rings is 1. The van der Waals surface area contributed by atoms with Gasteiger partial charge in [0, 0.05) is 26.7 Å². The lowest BCUT2D eigenvalue weighted by atomic mass is 10.1. The molecule has 3 aromatic heterocycles. The second-order valence-electron chi connectivity index (χ2n) is 7.19. The Kier molecular flexibility index (Phi) is 5.33. The molecule has 0 atom stereocenters. The molecule has 1 aromatic carbocycles. The zero-order valence-corrected chi connectivity index (χ0v) is 17.1. The first kappa shape index (κ1) is 21.3. The van der Waals surface area contributed by atoms with Gasteiger partial charge in [0.2, 0.25) is 0 Å². The van der Waals surface area contributed by atoms with E-state index in [1.165, 1.54) is 36.9 Å². The summed E-state index contributed by atoms with van der Waals surface area (Å²) in [5.74, 6) is 0.0406. The Labute approximate surface area is 179 Å². The number of fused-ring (bicyclic) bond motifs is 1. The summed E-state index contributed by atoms with van der Waals surface area (Å²) in [4.78, 5) is 34.0. The van der Waals surface area contributed by atoms with Gasteiger partial charge < -0.3 is 9.30 Å². The monoisotopic (exact) mass is 445 g/mol. The van der Waals surface area contributed by atoms with Crippen LogP contribution >= 0.6 is 0 Å². The molecule has 8 nitrogen and oxygen atoms in total. The number of benzene rings is 1. The Morgan fingerprint density at radius 2 is 1.81 bits per heavy atom. The molecule has 0 aliphatic heterocycles. The molecule has 0 bridgehead atoms. The number of hydrogen-bond acceptors (Lipinski definition) is 5. The van der Waals surface area contributed by atoms with Crippen LogP contribution in [0.1, 0.15) is 17.1 Å². The third-order valence-corrected chi connectivity index (χ3v) is 4.97. The van der Waals surface area contributed by atoms with Gasteiger partial charge in [-0.2, -0.15) is 0 Å². The highest BCUT2D eigenvalue weighted by Gasteiger charge is 2.31. The third kappa shape index (κ3) is 4.13. The molecule has 0 saturated carbocycles. The molecule has 0 fully saturated rings. The average molecular weight is 445 g/mol. The summed E-state index contributed by atoms with van der Waals surface area (Å²) in [5, 5.41) is 0. The van der Waals surface area contributed by atoms with Gasteiger partial charge in [-0.05, 0) is 29.8 Å². The van der Waals surface area contributed by atoms with E-state index in [1.54, 1.807) is 35.0 Å². The lowest BCUT2D eigenvalue weighted by molar-refractivity contribution is -0.274. The van der Waals surface area contributed by atoms with Crippen LogP contribution in [0.25, 0.3) is 11.2 Å². The predicted octanol–water partition coefficient (Wildman–Crippen LogP) is 2.37. The molecule has 4 rings (SSSR count). The van der Waals surface area contributed by atoms with Crippen molar-refractivity contribution in [3.63, 3.8) is 0 Å². The van der Waals surface area contributed by atoms with Crippen molar-refractivity contribution in [2.75, 3.05) is 0 Å². The SMILES string of the molecule is Cn1c(=O)c2c(nc(Cc3cccc(OC(F)(F)F)c3)n2Cc2ccccn2)n(C)c1=O. The molecule has 0 N–H and O–H groups in total. The van der Waals surface area contributed by atoms with Crippen LogP contribution < -0.4 is 16.0 Å². The molecule has 166 valence electrons. The fourth-order valence-electron chi connectivity index (χ4n) is 3.49. The molecular formula is C21H18F3N5O3. The van der Waals surface area contributed by atoms with Gasteiger partial charge in [-0.25, -0.2) is 9.78 Å². The van der Waals surface area contributed by atoms with Crippen molar-refractivity contribution in [2.24, 2.45) is 14.1 Å². The van der Waals surface area contributed by atoms with E-state index in [2.05, 4.69) is 14.7 Å². The standard InChI is InChI=1S/C21H18F3N5O3/c1-27-18-17(19(30)28(2)20(27)31)29(12-14-7-3-4-9-25-14)16(26-18)11-13-6-5-8-15(10-13)32-21(22,23)24/h3-10H,11-12H2,1-2H3. The molecule has 3 heterocycles. The second kappa shape index (κ2) is 7.98. The van der Waals surface area contributed by atoms with Gasteiger partial charge in [0.05, 0.1) is 12.2 Å². The van der Waals surface area contributed by atoms with Crippen molar-refractivity contribution >= 4 is 11.2 Å². The summed E-state index contributed by atoms with van der Waals surface area (Å²) in [6.45, 7) is 0.193. The fourth-order valence-corrected chi connectivity index (χ4v) is 3.49. The minimum atomic E-state index is -4.81. The molecule has 0 saturated heterocycles. The fraction of sp³-hybridized carbons (Fsp3) is 0.238. The highest BCUT2D eigenvalue weighted by atomic mass is 19.4. The van der Waals surface area contributed by atoms with Crippen LogP contribution in [0.15, 0.2) is 58.3 Å². The highest BCUT2D eigenvalue weighted by molar-refractivity contribution is 5.71. The number of aryl methyl sites for hydroxylation is 1. The Morgan fingerprint density at radius 1 is 1.03 bits per heavy atom. The van der Waals surface area contributed by atoms with E-state index in [-0.39, 0.29) is 29.9 Å². The molecule has 0 spiro atoms. The van der Waals surface area contributed by atoms with Crippen molar-refractivity contribution in [2.45, 2.75) is 19.3 Å². The Balaban J connectivity index is 1.86. The molecule has 0 aliphatic carbocycles. The maximum absolute atomic E-state index is 12.9. The summed E-state index contributed by atoms with van der Waals surface area (Å²) in [6, 6.07) is 10.9. The number of aromatic nitrogens is 5. The summed E-state index contributed by atoms with van der Waals surface area (Å²) >= 11 is 0. The lowest BCUT2D eigenvalue weighted by Crippen LogP contribution is -2.37. The van der Waals surface area contributed by atoms with E-state index in [1.807, 2.05) is 0 Å². The minimum Gasteiger partial charge on any atom is -0.406 e. The van der Waals surface area contributed by atoms with E-state index in [0.717, 1.165) is 4.57 Å². The van der Waals surface area contributed by atoms with Crippen LogP contribution in [0.4, 0.5) is 13.2 Å². The van der Waals surface area contributed by atoms with Gasteiger partial charge in [-0.3, -0.25) is 18.9 Å². The molecule has 32 heavy (non-hydrogen) atoms. The van der Waals surface area contributed by atoms with E-state index in [0.29, 0.717) is 17.1 Å². The zero-order valence-electron chi connectivity index (χ0n) is 17.1. The highest BCUT2D eigenvalue weighted by Crippen LogP contribution is 2.25. The summed E-state index contributed by atoms with van der Waals surface area (Å²) in [7, 11) is 2.88. The van der Waals surface area contributed by atoms with E-state index >= 15 is 0 Å². The zero-order chi connectivity index (χ0) is 23.0. The van der Waals surface area contributed by atoms with Crippen LogP contribution in [-0.4, -0.2) is 30.0 Å². The van der Waals surface area contributed by atoms with Crippen molar-refractivity contribution < 1.29 is 17.9 Å². The van der Waals surface area contributed by atoms with E-state index in [4.69, 9.17) is 0 Å². The Hall–Kier alpha value is -3.89. The molecule has 11 heteroatoms. The molecule has 0 aliphatic rings. The summed E-state index contributed by atoms with van der Waals surface area (Å²) in [5.41, 5.74) is 0.484. The van der Waals surface area contributed by atoms with Crippen LogP contribution in [0.2, 0.25) is 0 Å². The third-order valence-electron chi connectivity index (χ3n) is 4.97. The molecule has 0 amide bonds. The van der Waals surface area contributed by atoms with Gasteiger partial charge in [-0.1, -0.05) is 18.2 Å². The van der Waals surface area contributed by atoms with Gasteiger partial charge in [0.1, 0.15) is 11.6 Å². The van der Waals surface area contributed by atoms with Gasteiger partial charge >= 0.3 is 12.1 Å². The molecule has 0 radical (unpaired) electrons. The van der Waals surface area contributed by atoms with Crippen molar-refractivity contribution in [3.8, 4) is 5.75 Å². The van der Waals surface area contributed by atoms with Gasteiger partial charge in [0.25, 0.3) is 5.56 Å². The number of halogens is 3. The number of rotatable bonds is 5. The average Bonchev–Trinajstić information content (AvgIpc) is 3.08. The predicted molar refractivity (Wildman–Crippen MR) is 109 cm³/mol. The van der Waals surface area contributed by atoms with Gasteiger partial charge in [-0.15, -0.1) is 13.2 Å². The summed E-state index contributed by atoms with van der Waals surface area (Å²) < 4.78 is 45.7. The van der Waals surface area contributed by atoms with Gasteiger partial charge in [0.15, 0.2) is 11.2 Å². The lowest BCUT2D eigenvalue weighted by Gasteiger charge is -2.11. The number of ether oxygens (including phenoxy) is 1. The minimum absolute atomic E-state index is 0.105. The smallest absolute Gasteiger partial charge is 0.406 e. The molecule has 0 unspecified atom stereocenters. The first-order valence-electron chi connectivity index (χ1n) is 9.54. The first-order valence-corrected chi connectivity index (χ1v) is 9.54. The van der Waals surface area contributed by atoms with E-state index in [9.17, 15) is 22.8 Å². The largest absolute Gasteiger partial charge is 0.573 e. The van der Waals surface area contributed by atoms with Crippen LogP contribution in [0.5, 0.6) is 5.75 Å². The van der Waals surface area contributed by atoms with Crippen molar-refractivity contribution in [1.82, 2.24) is 23.7 Å². The second-order valence-corrected chi connectivity index (χ2v) is 7.19.